The average molecular weight is 377 g/mol. The summed E-state index contributed by atoms with van der Waals surface area (Å²) in [6, 6.07) is 0. The standard InChI is InChI=1S/C19H28N4O2S/c1-15-10-21-16(11-20-15)12-23-14-19(7-4-17(23)24)6-3-8-22(13-19)18(25)5-9-26-2/h10-11H,3-9,12-14H2,1-2H3/t19-/m1/s1. The predicted molar refractivity (Wildman–Crippen MR) is 103 cm³/mol. The van der Waals surface area contributed by atoms with Gasteiger partial charge in [-0.1, -0.05) is 0 Å². The molecule has 3 rings (SSSR count). The minimum atomic E-state index is 0.0410. The average Bonchev–Trinajstić information content (AvgIpc) is 2.65. The highest BCUT2D eigenvalue weighted by molar-refractivity contribution is 7.98. The van der Waals surface area contributed by atoms with Crippen LogP contribution in [0.5, 0.6) is 0 Å². The van der Waals surface area contributed by atoms with E-state index in [-0.39, 0.29) is 17.2 Å². The van der Waals surface area contributed by atoms with E-state index >= 15 is 0 Å². The van der Waals surface area contributed by atoms with E-state index < -0.39 is 0 Å². The van der Waals surface area contributed by atoms with Crippen molar-refractivity contribution in [2.24, 2.45) is 5.41 Å². The number of amides is 2. The van der Waals surface area contributed by atoms with Crippen molar-refractivity contribution in [1.29, 1.82) is 0 Å². The van der Waals surface area contributed by atoms with Crippen LogP contribution in [0.4, 0.5) is 0 Å². The van der Waals surface area contributed by atoms with Crippen LogP contribution in [0.2, 0.25) is 0 Å². The van der Waals surface area contributed by atoms with Crippen LogP contribution < -0.4 is 0 Å². The van der Waals surface area contributed by atoms with Gasteiger partial charge < -0.3 is 9.80 Å². The van der Waals surface area contributed by atoms with Crippen molar-refractivity contribution in [2.75, 3.05) is 31.6 Å². The largest absolute Gasteiger partial charge is 0.342 e. The first-order valence-electron chi connectivity index (χ1n) is 9.33. The molecule has 3 heterocycles. The Balaban J connectivity index is 1.66. The van der Waals surface area contributed by atoms with Crippen LogP contribution in [0.1, 0.15) is 43.5 Å². The number of likely N-dealkylation sites (tertiary alicyclic amines) is 2. The van der Waals surface area contributed by atoms with Crippen molar-refractivity contribution in [2.45, 2.75) is 45.6 Å². The Morgan fingerprint density at radius 2 is 2.12 bits per heavy atom. The molecule has 2 saturated heterocycles. The Bertz CT molecular complexity index is 651. The van der Waals surface area contributed by atoms with Crippen molar-refractivity contribution in [3.8, 4) is 0 Å². The molecule has 0 radical (unpaired) electrons. The summed E-state index contributed by atoms with van der Waals surface area (Å²) in [7, 11) is 0. The molecule has 0 bridgehead atoms. The molecule has 1 aromatic heterocycles. The summed E-state index contributed by atoms with van der Waals surface area (Å²) in [4.78, 5) is 37.5. The van der Waals surface area contributed by atoms with Gasteiger partial charge in [0.25, 0.3) is 0 Å². The molecular formula is C19H28N4O2S. The summed E-state index contributed by atoms with van der Waals surface area (Å²) in [5.74, 6) is 1.31. The SMILES string of the molecule is CSCCC(=O)N1CCC[C@@]2(CCC(=O)N(Cc3cnc(C)cn3)C2)C1. The predicted octanol–water partition coefficient (Wildman–Crippen LogP) is 2.27. The third-order valence-electron chi connectivity index (χ3n) is 5.47. The number of carbonyl (C=O) groups is 2. The van der Waals surface area contributed by atoms with Crippen molar-refractivity contribution < 1.29 is 9.59 Å². The maximum Gasteiger partial charge on any atom is 0.223 e. The Morgan fingerprint density at radius 1 is 1.27 bits per heavy atom. The second-order valence-electron chi connectivity index (χ2n) is 7.56. The van der Waals surface area contributed by atoms with Gasteiger partial charge in [0.2, 0.25) is 11.8 Å². The summed E-state index contributed by atoms with van der Waals surface area (Å²) in [5.41, 5.74) is 1.74. The molecule has 0 N–H and O–H groups in total. The maximum absolute atomic E-state index is 12.5. The first-order valence-corrected chi connectivity index (χ1v) is 10.7. The Labute approximate surface area is 159 Å². The van der Waals surface area contributed by atoms with Gasteiger partial charge in [-0.15, -0.1) is 0 Å². The normalized spacial score (nSPS) is 23.5. The maximum atomic E-state index is 12.5. The molecule has 2 aliphatic heterocycles. The summed E-state index contributed by atoms with van der Waals surface area (Å²) >= 11 is 1.71. The topological polar surface area (TPSA) is 66.4 Å². The van der Waals surface area contributed by atoms with E-state index in [2.05, 4.69) is 9.97 Å². The minimum absolute atomic E-state index is 0.0410. The number of nitrogens with zero attached hydrogens (tertiary/aromatic N) is 4. The van der Waals surface area contributed by atoms with E-state index in [1.54, 1.807) is 24.2 Å². The molecule has 0 saturated carbocycles. The third-order valence-corrected chi connectivity index (χ3v) is 6.08. The molecule has 2 amide bonds. The quantitative estimate of drug-likeness (QED) is 0.789. The van der Waals surface area contributed by atoms with Crippen molar-refractivity contribution in [3.05, 3.63) is 23.8 Å². The first-order chi connectivity index (χ1) is 12.5. The number of rotatable bonds is 5. The third kappa shape index (κ3) is 4.55. The first kappa shape index (κ1) is 19.1. The Hall–Kier alpha value is -1.63. The molecule has 1 aromatic rings. The van der Waals surface area contributed by atoms with Crippen LogP contribution in [0.3, 0.4) is 0 Å². The Morgan fingerprint density at radius 3 is 2.85 bits per heavy atom. The van der Waals surface area contributed by atoms with Gasteiger partial charge in [-0.3, -0.25) is 19.6 Å². The highest BCUT2D eigenvalue weighted by atomic mass is 32.2. The fourth-order valence-corrected chi connectivity index (χ4v) is 4.42. The highest BCUT2D eigenvalue weighted by Crippen LogP contribution is 2.39. The number of hydrogen-bond acceptors (Lipinski definition) is 5. The van der Waals surface area contributed by atoms with E-state index in [0.717, 1.165) is 49.5 Å². The van der Waals surface area contributed by atoms with Gasteiger partial charge in [-0.05, 0) is 32.4 Å². The van der Waals surface area contributed by atoms with Crippen LogP contribution in [-0.2, 0) is 16.1 Å². The van der Waals surface area contributed by atoms with E-state index in [1.807, 2.05) is 23.0 Å². The van der Waals surface area contributed by atoms with Crippen LogP contribution in [0.15, 0.2) is 12.4 Å². The monoisotopic (exact) mass is 376 g/mol. The lowest BCUT2D eigenvalue weighted by Gasteiger charge is -2.48. The molecule has 26 heavy (non-hydrogen) atoms. The van der Waals surface area contributed by atoms with Gasteiger partial charge in [0.1, 0.15) is 0 Å². The molecule has 1 atom stereocenters. The van der Waals surface area contributed by atoms with Gasteiger partial charge in [-0.2, -0.15) is 11.8 Å². The van der Waals surface area contributed by atoms with Crippen LogP contribution in [0.25, 0.3) is 0 Å². The fraction of sp³-hybridized carbons (Fsp3) is 0.684. The molecule has 0 unspecified atom stereocenters. The number of carbonyl (C=O) groups excluding carboxylic acids is 2. The number of aromatic nitrogens is 2. The van der Waals surface area contributed by atoms with Crippen molar-refractivity contribution in [3.63, 3.8) is 0 Å². The zero-order valence-electron chi connectivity index (χ0n) is 15.7. The van der Waals surface area contributed by atoms with E-state index in [0.29, 0.717) is 25.9 Å². The lowest BCUT2D eigenvalue weighted by atomic mass is 9.73. The molecule has 6 nitrogen and oxygen atoms in total. The molecule has 1 spiro atoms. The van der Waals surface area contributed by atoms with Gasteiger partial charge in [0.15, 0.2) is 0 Å². The highest BCUT2D eigenvalue weighted by Gasteiger charge is 2.42. The summed E-state index contributed by atoms with van der Waals surface area (Å²) < 4.78 is 0. The van der Waals surface area contributed by atoms with Crippen LogP contribution in [0, 0.1) is 12.3 Å². The lowest BCUT2D eigenvalue weighted by molar-refractivity contribution is -0.143. The van der Waals surface area contributed by atoms with Gasteiger partial charge in [-0.25, -0.2) is 0 Å². The van der Waals surface area contributed by atoms with E-state index in [9.17, 15) is 9.59 Å². The number of hydrogen-bond donors (Lipinski definition) is 0. The van der Waals surface area contributed by atoms with Gasteiger partial charge >= 0.3 is 0 Å². The number of thioether (sulfide) groups is 1. The summed E-state index contributed by atoms with van der Waals surface area (Å²) in [5, 5.41) is 0. The summed E-state index contributed by atoms with van der Waals surface area (Å²) in [6.07, 6.45) is 9.69. The Kier molecular flexibility index (Phi) is 6.16. The molecule has 142 valence electrons. The fourth-order valence-electron chi connectivity index (χ4n) is 4.04. The molecule has 2 aliphatic rings. The number of piperidine rings is 2. The van der Waals surface area contributed by atoms with Crippen molar-refractivity contribution >= 4 is 23.6 Å². The van der Waals surface area contributed by atoms with Gasteiger partial charge in [0.05, 0.1) is 24.1 Å². The van der Waals surface area contributed by atoms with Crippen LogP contribution >= 0.6 is 11.8 Å². The molecular weight excluding hydrogens is 348 g/mol. The lowest BCUT2D eigenvalue weighted by Crippen LogP contribution is -2.54. The summed E-state index contributed by atoms with van der Waals surface area (Å²) in [6.45, 7) is 4.76. The van der Waals surface area contributed by atoms with E-state index in [4.69, 9.17) is 0 Å². The molecule has 0 aromatic carbocycles. The number of aryl methyl sites for hydroxylation is 1. The smallest absolute Gasteiger partial charge is 0.223 e. The van der Waals surface area contributed by atoms with Gasteiger partial charge in [0, 0.05) is 49.8 Å². The zero-order chi connectivity index (χ0) is 18.6. The van der Waals surface area contributed by atoms with E-state index in [1.165, 1.54) is 0 Å². The molecule has 0 aliphatic carbocycles. The minimum Gasteiger partial charge on any atom is -0.342 e. The van der Waals surface area contributed by atoms with Crippen molar-refractivity contribution in [1.82, 2.24) is 19.8 Å². The molecule has 2 fully saturated rings. The second-order valence-corrected chi connectivity index (χ2v) is 8.55. The molecule has 7 heteroatoms. The van der Waals surface area contributed by atoms with Crippen LogP contribution in [-0.4, -0.2) is 63.2 Å². The second kappa shape index (κ2) is 8.37. The zero-order valence-corrected chi connectivity index (χ0v) is 16.6.